The molecule has 2 aliphatic carbocycles. The Morgan fingerprint density at radius 1 is 1.05 bits per heavy atom. The van der Waals surface area contributed by atoms with Crippen LogP contribution in [0.5, 0.6) is 0 Å². The van der Waals surface area contributed by atoms with Gasteiger partial charge in [0.25, 0.3) is 0 Å². The fraction of sp³-hybridized carbons (Fsp3) is 0.545. The number of fused-ring (bicyclic) bond motifs is 4. The predicted molar refractivity (Wildman–Crippen MR) is 156 cm³/mol. The molecule has 1 amide bonds. The zero-order valence-corrected chi connectivity index (χ0v) is 23.8. The molecule has 1 aromatic heterocycles. The van der Waals surface area contributed by atoms with Crippen LogP contribution < -0.4 is 0 Å². The van der Waals surface area contributed by atoms with E-state index in [-0.39, 0.29) is 5.54 Å². The predicted octanol–water partition coefficient (Wildman–Crippen LogP) is 7.86. The van der Waals surface area contributed by atoms with Crippen molar-refractivity contribution in [3.63, 3.8) is 0 Å². The highest BCUT2D eigenvalue weighted by atomic mass is 35.5. The second kappa shape index (κ2) is 10.7. The minimum absolute atomic E-state index is 0.216. The average molecular weight is 532 g/mol. The van der Waals surface area contributed by atoms with Gasteiger partial charge in [0.05, 0.1) is 5.54 Å². The van der Waals surface area contributed by atoms with Gasteiger partial charge in [0.2, 0.25) is 5.91 Å². The Balaban J connectivity index is 1.30. The van der Waals surface area contributed by atoms with Crippen LogP contribution >= 0.6 is 11.6 Å². The summed E-state index contributed by atoms with van der Waals surface area (Å²) in [6.45, 7) is 0.845. The monoisotopic (exact) mass is 531 g/mol. The number of para-hydroxylation sites is 1. The highest BCUT2D eigenvalue weighted by Crippen LogP contribution is 2.51. The standard InChI is InChI=1S/C33H42ClN3O/c1-36(2)31(24-12-14-26(34)15-13-24)25-17-20-33(21-18-25)32-28(27-9-5-6-10-29(27)35-32)19-22-37(33)30(38)16-11-23-7-3-4-8-23/h5-6,9-10,12-15,23,25,31,35H,3-4,7-8,11,16-22H2,1-2H3. The summed E-state index contributed by atoms with van der Waals surface area (Å²) in [7, 11) is 4.39. The van der Waals surface area contributed by atoms with E-state index in [1.54, 1.807) is 0 Å². The summed E-state index contributed by atoms with van der Waals surface area (Å²) in [5.74, 6) is 1.67. The smallest absolute Gasteiger partial charge is 0.223 e. The van der Waals surface area contributed by atoms with Crippen LogP contribution in [-0.2, 0) is 16.8 Å². The van der Waals surface area contributed by atoms with Crippen LogP contribution in [0.4, 0.5) is 0 Å². The summed E-state index contributed by atoms with van der Waals surface area (Å²) in [4.78, 5) is 22.5. The van der Waals surface area contributed by atoms with Crippen molar-refractivity contribution >= 4 is 28.4 Å². The molecule has 2 fully saturated rings. The van der Waals surface area contributed by atoms with Crippen LogP contribution in [0.25, 0.3) is 10.9 Å². The first-order valence-corrected chi connectivity index (χ1v) is 15.2. The van der Waals surface area contributed by atoms with Crippen molar-refractivity contribution in [2.24, 2.45) is 11.8 Å². The molecule has 38 heavy (non-hydrogen) atoms. The van der Waals surface area contributed by atoms with Crippen LogP contribution in [0.3, 0.4) is 0 Å². The van der Waals surface area contributed by atoms with Gasteiger partial charge >= 0.3 is 0 Å². The lowest BCUT2D eigenvalue weighted by molar-refractivity contribution is -0.142. The molecule has 1 N–H and O–H groups in total. The summed E-state index contributed by atoms with van der Waals surface area (Å²) in [6, 6.07) is 17.5. The first-order valence-electron chi connectivity index (χ1n) is 14.8. The molecule has 1 atom stereocenters. The molecule has 0 radical (unpaired) electrons. The molecule has 1 unspecified atom stereocenters. The van der Waals surface area contributed by atoms with Crippen molar-refractivity contribution in [2.75, 3.05) is 20.6 Å². The van der Waals surface area contributed by atoms with Gasteiger partial charge in [0.1, 0.15) is 0 Å². The summed E-state index contributed by atoms with van der Waals surface area (Å²) < 4.78 is 0. The van der Waals surface area contributed by atoms with Gasteiger partial charge in [-0.15, -0.1) is 0 Å². The minimum atomic E-state index is -0.216. The van der Waals surface area contributed by atoms with Gasteiger partial charge in [-0.1, -0.05) is 67.6 Å². The molecule has 2 saturated carbocycles. The van der Waals surface area contributed by atoms with Crippen molar-refractivity contribution in [1.82, 2.24) is 14.8 Å². The van der Waals surface area contributed by atoms with E-state index in [9.17, 15) is 4.79 Å². The number of hydrogen-bond acceptors (Lipinski definition) is 2. The second-order valence-corrected chi connectivity index (χ2v) is 12.8. The first-order chi connectivity index (χ1) is 18.5. The van der Waals surface area contributed by atoms with Crippen molar-refractivity contribution in [1.29, 1.82) is 0 Å². The Hall–Kier alpha value is -2.30. The lowest BCUT2D eigenvalue weighted by atomic mass is 9.68. The molecule has 0 saturated heterocycles. The molecule has 5 heteroatoms. The molecule has 2 heterocycles. The lowest BCUT2D eigenvalue weighted by Crippen LogP contribution is -2.55. The van der Waals surface area contributed by atoms with E-state index < -0.39 is 0 Å². The van der Waals surface area contributed by atoms with E-state index in [0.29, 0.717) is 24.3 Å². The van der Waals surface area contributed by atoms with E-state index in [0.717, 1.165) is 56.0 Å². The fourth-order valence-corrected chi connectivity index (χ4v) is 8.29. The normalized spacial score (nSPS) is 24.8. The van der Waals surface area contributed by atoms with Crippen molar-refractivity contribution in [3.05, 3.63) is 70.4 Å². The molecule has 2 aromatic carbocycles. The summed E-state index contributed by atoms with van der Waals surface area (Å²) >= 11 is 6.22. The molecule has 3 aromatic rings. The first kappa shape index (κ1) is 26.0. The Kier molecular flexibility index (Phi) is 7.30. The minimum Gasteiger partial charge on any atom is -0.356 e. The number of benzene rings is 2. The molecule has 3 aliphatic rings. The van der Waals surface area contributed by atoms with Crippen LogP contribution in [0.2, 0.25) is 5.02 Å². The van der Waals surface area contributed by atoms with Gasteiger partial charge in [0.15, 0.2) is 0 Å². The SMILES string of the molecule is CN(C)C(c1ccc(Cl)cc1)C1CCC2(CC1)c1[nH]c3ccccc3c1CCN2C(=O)CCC1CCCC1. The zero-order chi connectivity index (χ0) is 26.3. The highest BCUT2D eigenvalue weighted by Gasteiger charge is 2.49. The summed E-state index contributed by atoms with van der Waals surface area (Å²) in [5.41, 5.74) is 5.10. The van der Waals surface area contributed by atoms with Crippen LogP contribution in [-0.4, -0.2) is 41.3 Å². The quantitative estimate of drug-likeness (QED) is 0.351. The molecule has 6 rings (SSSR count). The average Bonchev–Trinajstić information content (AvgIpc) is 3.58. The second-order valence-electron chi connectivity index (χ2n) is 12.3. The topological polar surface area (TPSA) is 39.3 Å². The Labute approximate surface area is 232 Å². The Bertz CT molecular complexity index is 1270. The maximum atomic E-state index is 13.9. The van der Waals surface area contributed by atoms with E-state index in [1.807, 2.05) is 12.1 Å². The number of nitrogens with one attached hydrogen (secondary N) is 1. The van der Waals surface area contributed by atoms with Gasteiger partial charge in [0, 0.05) is 40.6 Å². The largest absolute Gasteiger partial charge is 0.356 e. The molecular formula is C33H42ClN3O. The van der Waals surface area contributed by atoms with Gasteiger partial charge in [-0.2, -0.15) is 0 Å². The van der Waals surface area contributed by atoms with Gasteiger partial charge in [-0.3, -0.25) is 4.79 Å². The number of H-pyrrole nitrogens is 1. The molecule has 0 bridgehead atoms. The maximum absolute atomic E-state index is 13.9. The molecular weight excluding hydrogens is 490 g/mol. The van der Waals surface area contributed by atoms with Crippen molar-refractivity contribution < 1.29 is 4.79 Å². The third kappa shape index (κ3) is 4.69. The number of halogens is 1. The Morgan fingerprint density at radius 3 is 2.47 bits per heavy atom. The fourth-order valence-electron chi connectivity index (χ4n) is 8.16. The summed E-state index contributed by atoms with van der Waals surface area (Å²) in [5, 5.41) is 2.13. The number of amides is 1. The molecule has 1 aliphatic heterocycles. The van der Waals surface area contributed by atoms with E-state index in [4.69, 9.17) is 11.6 Å². The van der Waals surface area contributed by atoms with Crippen LogP contribution in [0.15, 0.2) is 48.5 Å². The summed E-state index contributed by atoms with van der Waals surface area (Å²) in [6.07, 6.45) is 12.3. The van der Waals surface area contributed by atoms with Crippen molar-refractivity contribution in [3.8, 4) is 0 Å². The molecule has 202 valence electrons. The zero-order valence-electron chi connectivity index (χ0n) is 23.0. The number of rotatable bonds is 6. The number of carbonyl (C=O) groups is 1. The highest BCUT2D eigenvalue weighted by molar-refractivity contribution is 6.30. The lowest BCUT2D eigenvalue weighted by Gasteiger charge is -2.52. The Morgan fingerprint density at radius 2 is 1.76 bits per heavy atom. The van der Waals surface area contributed by atoms with Crippen molar-refractivity contribution in [2.45, 2.75) is 82.2 Å². The number of carbonyl (C=O) groups excluding carboxylic acids is 1. The third-order valence-electron chi connectivity index (χ3n) is 10.00. The van der Waals surface area contributed by atoms with Gasteiger partial charge in [-0.05, 0) is 93.8 Å². The third-order valence-corrected chi connectivity index (χ3v) is 10.2. The number of aromatic amines is 1. The van der Waals surface area contributed by atoms with E-state index in [1.165, 1.54) is 53.4 Å². The van der Waals surface area contributed by atoms with Crippen LogP contribution in [0, 0.1) is 11.8 Å². The molecule has 1 spiro atoms. The maximum Gasteiger partial charge on any atom is 0.223 e. The molecule has 4 nitrogen and oxygen atoms in total. The van der Waals surface area contributed by atoms with Gasteiger partial charge in [-0.25, -0.2) is 0 Å². The number of aromatic nitrogens is 1. The number of nitrogens with zero attached hydrogens (tertiary/aromatic N) is 2. The number of hydrogen-bond donors (Lipinski definition) is 1. The van der Waals surface area contributed by atoms with E-state index >= 15 is 0 Å². The van der Waals surface area contributed by atoms with Crippen LogP contribution in [0.1, 0.15) is 87.1 Å². The van der Waals surface area contributed by atoms with E-state index in [2.05, 4.69) is 65.3 Å². The van der Waals surface area contributed by atoms with Gasteiger partial charge < -0.3 is 14.8 Å².